The lowest BCUT2D eigenvalue weighted by molar-refractivity contribution is 0.277. The van der Waals surface area contributed by atoms with Gasteiger partial charge in [0.25, 0.3) is 0 Å². The van der Waals surface area contributed by atoms with Crippen molar-refractivity contribution in [3.05, 3.63) is 45.4 Å². The molecule has 0 unspecified atom stereocenters. The number of nitroso groups, excluding NO2 is 1. The van der Waals surface area contributed by atoms with Crippen molar-refractivity contribution >= 4 is 27.4 Å². The quantitative estimate of drug-likeness (QED) is 0.760. The van der Waals surface area contributed by atoms with Crippen LogP contribution in [0.15, 0.2) is 40.1 Å². The number of aromatic nitrogens is 2. The van der Waals surface area contributed by atoms with Crippen molar-refractivity contribution in [2.45, 2.75) is 19.5 Å². The Morgan fingerprint density at radius 1 is 1.35 bits per heavy atom. The minimum Gasteiger partial charge on any atom is -0.396 e. The van der Waals surface area contributed by atoms with E-state index in [9.17, 15) is 4.91 Å². The number of halogens is 1. The molecule has 0 amide bonds. The molecule has 0 saturated heterocycles. The van der Waals surface area contributed by atoms with E-state index in [-0.39, 0.29) is 12.3 Å². The Hall–Kier alpha value is -1.73. The van der Waals surface area contributed by atoms with Crippen LogP contribution in [0.3, 0.4) is 0 Å². The highest BCUT2D eigenvalue weighted by Crippen LogP contribution is 2.33. The van der Waals surface area contributed by atoms with Crippen molar-refractivity contribution in [3.63, 3.8) is 0 Å². The highest BCUT2D eigenvalue weighted by Gasteiger charge is 2.16. The van der Waals surface area contributed by atoms with E-state index in [0.29, 0.717) is 29.9 Å². The molecule has 1 aromatic carbocycles. The number of benzene rings is 1. The van der Waals surface area contributed by atoms with Crippen LogP contribution in [0.25, 0.3) is 0 Å². The Labute approximate surface area is 124 Å². The van der Waals surface area contributed by atoms with Crippen LogP contribution in [0.2, 0.25) is 0 Å². The standard InChI is InChI=1S/C13H15BrN4O2/c14-12-11(17-20)13(18(16-12)7-4-8-19)15-9-10-5-2-1-3-6-10/h1-3,5-6,15,19H,4,7-9H2. The van der Waals surface area contributed by atoms with Gasteiger partial charge in [0.15, 0.2) is 16.1 Å². The SMILES string of the molecule is O=Nc1c(Br)nn(CCCO)c1NCc1ccccc1. The molecule has 0 spiro atoms. The second kappa shape index (κ2) is 7.16. The molecule has 2 N–H and O–H groups in total. The molecule has 0 fully saturated rings. The molecule has 0 aliphatic carbocycles. The van der Waals surface area contributed by atoms with Crippen molar-refractivity contribution < 1.29 is 5.11 Å². The van der Waals surface area contributed by atoms with Gasteiger partial charge in [-0.05, 0) is 33.1 Å². The molecule has 0 bridgehead atoms. The molecular weight excluding hydrogens is 324 g/mol. The van der Waals surface area contributed by atoms with Gasteiger partial charge < -0.3 is 10.4 Å². The smallest absolute Gasteiger partial charge is 0.184 e. The third kappa shape index (κ3) is 3.43. The van der Waals surface area contributed by atoms with Crippen molar-refractivity contribution in [1.82, 2.24) is 9.78 Å². The van der Waals surface area contributed by atoms with E-state index in [2.05, 4.69) is 31.5 Å². The Bertz CT molecular complexity index is 571. The van der Waals surface area contributed by atoms with E-state index in [1.54, 1.807) is 4.68 Å². The summed E-state index contributed by atoms with van der Waals surface area (Å²) >= 11 is 3.22. The van der Waals surface area contributed by atoms with E-state index in [1.165, 1.54) is 0 Å². The number of hydrogen-bond acceptors (Lipinski definition) is 5. The zero-order valence-corrected chi connectivity index (χ0v) is 12.4. The van der Waals surface area contributed by atoms with E-state index in [0.717, 1.165) is 5.56 Å². The number of aryl methyl sites for hydroxylation is 1. The molecule has 2 rings (SSSR count). The van der Waals surface area contributed by atoms with Crippen LogP contribution in [0.5, 0.6) is 0 Å². The van der Waals surface area contributed by atoms with Crippen molar-refractivity contribution in [2.24, 2.45) is 5.18 Å². The fourth-order valence-electron chi connectivity index (χ4n) is 1.84. The van der Waals surface area contributed by atoms with E-state index in [4.69, 9.17) is 5.11 Å². The largest absolute Gasteiger partial charge is 0.396 e. The molecule has 0 saturated carbocycles. The van der Waals surface area contributed by atoms with Crippen molar-refractivity contribution in [2.75, 3.05) is 11.9 Å². The Morgan fingerprint density at radius 3 is 2.75 bits per heavy atom. The summed E-state index contributed by atoms with van der Waals surface area (Å²) in [6, 6.07) is 9.84. The minimum atomic E-state index is 0.0689. The monoisotopic (exact) mass is 338 g/mol. The maximum atomic E-state index is 10.9. The first-order valence-corrected chi connectivity index (χ1v) is 7.04. The van der Waals surface area contributed by atoms with Gasteiger partial charge in [0.2, 0.25) is 0 Å². The molecule has 0 aliphatic heterocycles. The van der Waals surface area contributed by atoms with Gasteiger partial charge in [-0.25, -0.2) is 4.68 Å². The summed E-state index contributed by atoms with van der Waals surface area (Å²) in [5.41, 5.74) is 1.34. The normalized spacial score (nSPS) is 10.5. The van der Waals surface area contributed by atoms with Crippen LogP contribution >= 0.6 is 15.9 Å². The first-order chi connectivity index (χ1) is 9.76. The summed E-state index contributed by atoms with van der Waals surface area (Å²) < 4.78 is 2.04. The summed E-state index contributed by atoms with van der Waals surface area (Å²) in [5.74, 6) is 0.559. The Balaban J connectivity index is 2.17. The predicted molar refractivity (Wildman–Crippen MR) is 80.9 cm³/mol. The maximum Gasteiger partial charge on any atom is 0.184 e. The van der Waals surface area contributed by atoms with Crippen LogP contribution in [0.1, 0.15) is 12.0 Å². The van der Waals surface area contributed by atoms with Crippen LogP contribution in [0, 0.1) is 4.91 Å². The fourth-order valence-corrected chi connectivity index (χ4v) is 2.29. The molecule has 106 valence electrons. The van der Waals surface area contributed by atoms with Crippen molar-refractivity contribution in [3.8, 4) is 0 Å². The molecule has 1 heterocycles. The third-order valence-electron chi connectivity index (χ3n) is 2.81. The van der Waals surface area contributed by atoms with Crippen molar-refractivity contribution in [1.29, 1.82) is 0 Å². The Kier molecular flexibility index (Phi) is 5.25. The second-order valence-corrected chi connectivity index (χ2v) is 4.97. The van der Waals surface area contributed by atoms with Gasteiger partial charge in [-0.3, -0.25) is 0 Å². The van der Waals surface area contributed by atoms with Gasteiger partial charge in [-0.15, -0.1) is 4.91 Å². The molecule has 0 radical (unpaired) electrons. The molecule has 7 heteroatoms. The van der Waals surface area contributed by atoms with Crippen LogP contribution in [-0.4, -0.2) is 21.5 Å². The number of aliphatic hydroxyl groups is 1. The van der Waals surface area contributed by atoms with Crippen LogP contribution < -0.4 is 5.32 Å². The first-order valence-electron chi connectivity index (χ1n) is 6.24. The molecule has 20 heavy (non-hydrogen) atoms. The Morgan fingerprint density at radius 2 is 2.10 bits per heavy atom. The summed E-state index contributed by atoms with van der Waals surface area (Å²) in [4.78, 5) is 10.9. The number of rotatable bonds is 7. The average molecular weight is 339 g/mol. The van der Waals surface area contributed by atoms with Crippen LogP contribution in [0.4, 0.5) is 11.5 Å². The molecule has 0 aliphatic rings. The van der Waals surface area contributed by atoms with E-state index < -0.39 is 0 Å². The number of hydrogen-bond donors (Lipinski definition) is 2. The number of nitrogens with one attached hydrogen (secondary N) is 1. The first kappa shape index (κ1) is 14.7. The topological polar surface area (TPSA) is 79.5 Å². The lowest BCUT2D eigenvalue weighted by atomic mass is 10.2. The summed E-state index contributed by atoms with van der Waals surface area (Å²) in [7, 11) is 0. The van der Waals surface area contributed by atoms with Gasteiger partial charge in [-0.1, -0.05) is 30.3 Å². The van der Waals surface area contributed by atoms with E-state index in [1.807, 2.05) is 30.3 Å². The lowest BCUT2D eigenvalue weighted by Crippen LogP contribution is -2.09. The summed E-state index contributed by atoms with van der Waals surface area (Å²) in [6.07, 6.45) is 0.562. The molecule has 1 aromatic heterocycles. The molecular formula is C13H15BrN4O2. The third-order valence-corrected chi connectivity index (χ3v) is 3.34. The summed E-state index contributed by atoms with van der Waals surface area (Å²) in [6.45, 7) is 1.15. The number of nitrogens with zero attached hydrogens (tertiary/aromatic N) is 3. The van der Waals surface area contributed by atoms with Gasteiger partial charge >= 0.3 is 0 Å². The lowest BCUT2D eigenvalue weighted by Gasteiger charge is -2.09. The van der Waals surface area contributed by atoms with Gasteiger partial charge in [0.05, 0.1) is 0 Å². The van der Waals surface area contributed by atoms with Gasteiger partial charge in [-0.2, -0.15) is 5.10 Å². The van der Waals surface area contributed by atoms with Gasteiger partial charge in [0, 0.05) is 19.7 Å². The maximum absolute atomic E-state index is 10.9. The fraction of sp³-hybridized carbons (Fsp3) is 0.308. The number of anilines is 1. The highest BCUT2D eigenvalue weighted by molar-refractivity contribution is 9.10. The average Bonchev–Trinajstić information content (AvgIpc) is 2.79. The highest BCUT2D eigenvalue weighted by atomic mass is 79.9. The van der Waals surface area contributed by atoms with Gasteiger partial charge in [0.1, 0.15) is 0 Å². The second-order valence-electron chi connectivity index (χ2n) is 4.22. The predicted octanol–water partition coefficient (Wildman–Crippen LogP) is 3.04. The van der Waals surface area contributed by atoms with Crippen LogP contribution in [-0.2, 0) is 13.1 Å². The van der Waals surface area contributed by atoms with E-state index >= 15 is 0 Å². The number of aliphatic hydroxyl groups excluding tert-OH is 1. The zero-order valence-electron chi connectivity index (χ0n) is 10.8. The minimum absolute atomic E-state index is 0.0689. The molecule has 2 aromatic rings. The molecule has 6 nitrogen and oxygen atoms in total. The molecule has 0 atom stereocenters. The zero-order chi connectivity index (χ0) is 14.4. The summed E-state index contributed by atoms with van der Waals surface area (Å²) in [5, 5.41) is 19.3.